The molecule has 1 aliphatic heterocycles. The van der Waals surface area contributed by atoms with E-state index in [-0.39, 0.29) is 5.03 Å². The fraction of sp³-hybridized carbons (Fsp3) is 0.400. The van der Waals surface area contributed by atoms with Crippen LogP contribution in [0.15, 0.2) is 47.6 Å². The number of sulfone groups is 1. The predicted octanol–water partition coefficient (Wildman–Crippen LogP) is 2.85. The van der Waals surface area contributed by atoms with E-state index in [4.69, 9.17) is 0 Å². The second-order valence-electron chi connectivity index (χ2n) is 7.57. The Morgan fingerprint density at radius 3 is 2.19 bits per heavy atom. The van der Waals surface area contributed by atoms with Gasteiger partial charge < -0.3 is 9.80 Å². The lowest BCUT2D eigenvalue weighted by atomic mass is 10.1. The first-order valence-corrected chi connectivity index (χ1v) is 10.4. The molecule has 142 valence electrons. The first kappa shape index (κ1) is 19.2. The molecule has 1 aromatic carbocycles. The Balaban J connectivity index is 1.71. The van der Waals surface area contributed by atoms with Gasteiger partial charge >= 0.3 is 0 Å². The average molecular weight is 385 g/mol. The summed E-state index contributed by atoms with van der Waals surface area (Å²) < 4.78 is 24.1. The highest BCUT2D eigenvalue weighted by Crippen LogP contribution is 2.26. The van der Waals surface area contributed by atoms with Crippen LogP contribution < -0.4 is 9.80 Å². The molecule has 0 saturated carbocycles. The van der Waals surface area contributed by atoms with Crippen LogP contribution in [0.4, 0.5) is 11.4 Å². The van der Waals surface area contributed by atoms with Gasteiger partial charge in [0.1, 0.15) is 6.07 Å². The van der Waals surface area contributed by atoms with E-state index in [9.17, 15) is 13.7 Å². The minimum Gasteiger partial charge on any atom is -0.367 e. The van der Waals surface area contributed by atoms with Crippen molar-refractivity contribution in [2.24, 2.45) is 0 Å². The number of nitrogens with zero attached hydrogens (tertiary/aromatic N) is 4. The zero-order valence-electron chi connectivity index (χ0n) is 15.9. The molecule has 27 heavy (non-hydrogen) atoms. The van der Waals surface area contributed by atoms with Crippen molar-refractivity contribution in [3.05, 3.63) is 48.2 Å². The SMILES string of the molecule is CC(C)(C)S(=O)(=O)c1ccc(N2CCN(c3ccccc3C#N)CC2)cn1. The van der Waals surface area contributed by atoms with Crippen molar-refractivity contribution < 1.29 is 8.42 Å². The molecule has 0 unspecified atom stereocenters. The van der Waals surface area contributed by atoms with E-state index in [0.29, 0.717) is 5.56 Å². The Bertz CT molecular complexity index is 949. The van der Waals surface area contributed by atoms with Crippen LogP contribution in [-0.4, -0.2) is 44.3 Å². The molecule has 0 spiro atoms. The standard InChI is InChI=1S/C20H24N4O2S/c1-20(2,3)27(25,26)19-9-8-17(15-22-19)23-10-12-24(13-11-23)18-7-5-4-6-16(18)14-21/h4-9,15H,10-13H2,1-3H3. The van der Waals surface area contributed by atoms with E-state index >= 15 is 0 Å². The van der Waals surface area contributed by atoms with Crippen LogP contribution in [0.1, 0.15) is 26.3 Å². The van der Waals surface area contributed by atoms with Crippen LogP contribution in [-0.2, 0) is 9.84 Å². The molecular weight excluding hydrogens is 360 g/mol. The molecule has 1 aromatic heterocycles. The molecule has 3 rings (SSSR count). The van der Waals surface area contributed by atoms with Gasteiger partial charge in [0.25, 0.3) is 0 Å². The molecule has 0 atom stereocenters. The minimum atomic E-state index is -3.44. The number of hydrogen-bond donors (Lipinski definition) is 0. The van der Waals surface area contributed by atoms with Crippen LogP contribution in [0.3, 0.4) is 0 Å². The summed E-state index contributed by atoms with van der Waals surface area (Å²) in [6.07, 6.45) is 1.64. The van der Waals surface area contributed by atoms with Gasteiger partial charge in [-0.1, -0.05) is 12.1 Å². The summed E-state index contributed by atoms with van der Waals surface area (Å²) in [5.74, 6) is 0. The predicted molar refractivity (Wildman–Crippen MR) is 107 cm³/mol. The maximum atomic E-state index is 12.5. The zero-order chi connectivity index (χ0) is 19.7. The second-order valence-corrected chi connectivity index (χ2v) is 10.2. The van der Waals surface area contributed by atoms with E-state index in [1.54, 1.807) is 33.0 Å². The number of piperazine rings is 1. The molecule has 0 aliphatic carbocycles. The highest BCUT2D eigenvalue weighted by Gasteiger charge is 2.32. The molecule has 2 aromatic rings. The molecule has 0 N–H and O–H groups in total. The Labute approximate surface area is 161 Å². The molecule has 1 aliphatic rings. The lowest BCUT2D eigenvalue weighted by molar-refractivity contribution is 0.556. The summed E-state index contributed by atoms with van der Waals surface area (Å²) in [5, 5.41) is 9.39. The maximum Gasteiger partial charge on any atom is 0.200 e. The number of pyridine rings is 1. The number of para-hydroxylation sites is 1. The number of benzene rings is 1. The molecule has 7 heteroatoms. The third-order valence-electron chi connectivity index (χ3n) is 4.81. The largest absolute Gasteiger partial charge is 0.367 e. The van der Waals surface area contributed by atoms with Crippen molar-refractivity contribution in [3.63, 3.8) is 0 Å². The molecule has 0 bridgehead atoms. The van der Waals surface area contributed by atoms with Gasteiger partial charge in [-0.2, -0.15) is 5.26 Å². The van der Waals surface area contributed by atoms with Gasteiger partial charge in [-0.25, -0.2) is 13.4 Å². The first-order chi connectivity index (χ1) is 12.7. The van der Waals surface area contributed by atoms with E-state index in [2.05, 4.69) is 20.9 Å². The molecule has 1 saturated heterocycles. The van der Waals surface area contributed by atoms with Gasteiger partial charge in [0.15, 0.2) is 14.9 Å². The van der Waals surface area contributed by atoms with E-state index in [1.807, 2.05) is 30.3 Å². The molecule has 0 amide bonds. The van der Waals surface area contributed by atoms with Gasteiger partial charge in [0, 0.05) is 26.2 Å². The summed E-state index contributed by atoms with van der Waals surface area (Å²) in [5.41, 5.74) is 2.56. The van der Waals surface area contributed by atoms with Crippen LogP contribution in [0.25, 0.3) is 0 Å². The Kier molecular flexibility index (Phi) is 5.11. The third-order valence-corrected chi connectivity index (χ3v) is 7.22. The highest BCUT2D eigenvalue weighted by molar-refractivity contribution is 7.92. The van der Waals surface area contributed by atoms with Gasteiger partial charge in [0.05, 0.1) is 27.9 Å². The van der Waals surface area contributed by atoms with Crippen LogP contribution >= 0.6 is 0 Å². The molecule has 6 nitrogen and oxygen atoms in total. The first-order valence-electron chi connectivity index (χ1n) is 8.94. The Hall–Kier alpha value is -2.59. The summed E-state index contributed by atoms with van der Waals surface area (Å²) in [7, 11) is -3.44. The smallest absolute Gasteiger partial charge is 0.200 e. The van der Waals surface area contributed by atoms with Crippen LogP contribution in [0.2, 0.25) is 0 Å². The van der Waals surface area contributed by atoms with Gasteiger partial charge in [0.2, 0.25) is 0 Å². The average Bonchev–Trinajstić information content (AvgIpc) is 2.67. The number of rotatable bonds is 3. The minimum absolute atomic E-state index is 0.111. The molecule has 2 heterocycles. The fourth-order valence-corrected chi connectivity index (χ4v) is 4.15. The second kappa shape index (κ2) is 7.20. The van der Waals surface area contributed by atoms with Gasteiger partial charge in [-0.3, -0.25) is 0 Å². The number of anilines is 2. The number of nitriles is 1. The highest BCUT2D eigenvalue weighted by atomic mass is 32.2. The van der Waals surface area contributed by atoms with E-state index in [1.165, 1.54) is 0 Å². The molecule has 0 radical (unpaired) electrons. The van der Waals surface area contributed by atoms with Crippen molar-refractivity contribution in [3.8, 4) is 6.07 Å². The van der Waals surface area contributed by atoms with Crippen molar-refractivity contribution in [2.75, 3.05) is 36.0 Å². The van der Waals surface area contributed by atoms with Gasteiger partial charge in [-0.05, 0) is 45.0 Å². The van der Waals surface area contributed by atoms with Crippen LogP contribution in [0.5, 0.6) is 0 Å². The monoisotopic (exact) mass is 384 g/mol. The van der Waals surface area contributed by atoms with Crippen molar-refractivity contribution in [1.29, 1.82) is 5.26 Å². The fourth-order valence-electron chi connectivity index (χ4n) is 3.08. The zero-order valence-corrected chi connectivity index (χ0v) is 16.7. The summed E-state index contributed by atoms with van der Waals surface area (Å²) in [6, 6.07) is 13.3. The van der Waals surface area contributed by atoms with Crippen molar-refractivity contribution >= 4 is 21.2 Å². The van der Waals surface area contributed by atoms with E-state index in [0.717, 1.165) is 37.6 Å². The molecule has 1 fully saturated rings. The quantitative estimate of drug-likeness (QED) is 0.810. The third kappa shape index (κ3) is 3.76. The summed E-state index contributed by atoms with van der Waals surface area (Å²) in [6.45, 7) is 8.18. The van der Waals surface area contributed by atoms with Crippen molar-refractivity contribution in [2.45, 2.75) is 30.5 Å². The Morgan fingerprint density at radius 2 is 1.63 bits per heavy atom. The lowest BCUT2D eigenvalue weighted by Gasteiger charge is -2.37. The van der Waals surface area contributed by atoms with Crippen LogP contribution in [0, 0.1) is 11.3 Å². The summed E-state index contributed by atoms with van der Waals surface area (Å²) >= 11 is 0. The van der Waals surface area contributed by atoms with Crippen molar-refractivity contribution in [1.82, 2.24) is 4.98 Å². The van der Waals surface area contributed by atoms with E-state index < -0.39 is 14.6 Å². The normalized spacial score (nSPS) is 15.5. The Morgan fingerprint density at radius 1 is 1.00 bits per heavy atom. The number of hydrogen-bond acceptors (Lipinski definition) is 6. The molecular formula is C20H24N4O2S. The maximum absolute atomic E-state index is 12.5. The van der Waals surface area contributed by atoms with Gasteiger partial charge in [-0.15, -0.1) is 0 Å². The number of aromatic nitrogens is 1. The summed E-state index contributed by atoms with van der Waals surface area (Å²) in [4.78, 5) is 8.61. The topological polar surface area (TPSA) is 77.3 Å². The lowest BCUT2D eigenvalue weighted by Crippen LogP contribution is -2.46.